The van der Waals surface area contributed by atoms with E-state index in [1.54, 1.807) is 31.2 Å². The fourth-order valence-electron chi connectivity index (χ4n) is 2.45. The number of para-hydroxylation sites is 1. The number of aryl methyl sites for hydroxylation is 1. The van der Waals surface area contributed by atoms with E-state index in [0.717, 1.165) is 5.69 Å². The molecule has 21 heavy (non-hydrogen) atoms. The van der Waals surface area contributed by atoms with Crippen LogP contribution >= 0.6 is 0 Å². The number of carboxylic acid groups (broad SMARTS) is 1. The Bertz CT molecular complexity index is 712. The van der Waals surface area contributed by atoms with Gasteiger partial charge in [-0.2, -0.15) is 0 Å². The zero-order valence-electron chi connectivity index (χ0n) is 11.4. The fraction of sp³-hybridized carbons (Fsp3) is 0.200. The highest BCUT2D eigenvalue weighted by Gasteiger charge is 2.37. The van der Waals surface area contributed by atoms with Crippen LogP contribution in [0.3, 0.4) is 0 Å². The summed E-state index contributed by atoms with van der Waals surface area (Å²) in [6, 6.07) is 7.04. The lowest BCUT2D eigenvalue weighted by atomic mass is 10.0. The molecule has 1 aliphatic heterocycles. The van der Waals surface area contributed by atoms with Crippen molar-refractivity contribution in [3.05, 3.63) is 53.6 Å². The first kappa shape index (κ1) is 13.2. The Morgan fingerprint density at radius 3 is 2.67 bits per heavy atom. The van der Waals surface area contributed by atoms with Gasteiger partial charge in [-0.1, -0.05) is 18.2 Å². The highest BCUT2D eigenvalue weighted by molar-refractivity contribution is 6.07. The molecule has 1 aromatic heterocycles. The maximum Gasteiger partial charge on any atom is 0.312 e. The number of benzene rings is 1. The number of carboxylic acids is 1. The van der Waals surface area contributed by atoms with Crippen LogP contribution in [0.15, 0.2) is 36.7 Å². The molecular weight excluding hydrogens is 270 g/mol. The smallest absolute Gasteiger partial charge is 0.312 e. The fourth-order valence-corrected chi connectivity index (χ4v) is 2.45. The van der Waals surface area contributed by atoms with E-state index in [2.05, 4.69) is 9.97 Å². The standard InChI is InChI=1S/C15H13N3O3/c1-9-6-17-12(7-16-9)14(19)18-8-11(15(20)21)10-4-2-3-5-13(10)18/h2-7,11H,8H2,1H3,(H,20,21). The van der Waals surface area contributed by atoms with Gasteiger partial charge in [-0.25, -0.2) is 4.98 Å². The number of nitrogens with zero attached hydrogens (tertiary/aromatic N) is 3. The highest BCUT2D eigenvalue weighted by Crippen LogP contribution is 2.36. The average Bonchev–Trinajstić information content (AvgIpc) is 2.87. The van der Waals surface area contributed by atoms with Gasteiger partial charge in [-0.3, -0.25) is 14.6 Å². The summed E-state index contributed by atoms with van der Waals surface area (Å²) >= 11 is 0. The van der Waals surface area contributed by atoms with Gasteiger partial charge in [0.2, 0.25) is 0 Å². The van der Waals surface area contributed by atoms with Gasteiger partial charge >= 0.3 is 5.97 Å². The van der Waals surface area contributed by atoms with Gasteiger partial charge in [-0.05, 0) is 18.6 Å². The van der Waals surface area contributed by atoms with E-state index in [1.807, 2.05) is 0 Å². The molecule has 106 valence electrons. The van der Waals surface area contributed by atoms with Gasteiger partial charge in [0.15, 0.2) is 0 Å². The molecule has 3 rings (SSSR count). The molecule has 0 aliphatic carbocycles. The number of fused-ring (bicyclic) bond motifs is 1. The molecule has 0 spiro atoms. The molecule has 1 atom stereocenters. The Balaban J connectivity index is 1.98. The maximum atomic E-state index is 12.5. The number of hydrogen-bond donors (Lipinski definition) is 1. The first-order valence-corrected chi connectivity index (χ1v) is 6.50. The van der Waals surface area contributed by atoms with Crippen molar-refractivity contribution in [3.8, 4) is 0 Å². The third kappa shape index (κ3) is 2.24. The number of amides is 1. The third-order valence-corrected chi connectivity index (χ3v) is 3.51. The lowest BCUT2D eigenvalue weighted by molar-refractivity contribution is -0.138. The first-order valence-electron chi connectivity index (χ1n) is 6.50. The van der Waals surface area contributed by atoms with Crippen LogP contribution in [-0.2, 0) is 4.79 Å². The lowest BCUT2D eigenvalue weighted by Gasteiger charge is -2.16. The molecule has 2 heterocycles. The number of anilines is 1. The monoisotopic (exact) mass is 283 g/mol. The molecule has 0 saturated heterocycles. The van der Waals surface area contributed by atoms with Gasteiger partial charge in [0.25, 0.3) is 5.91 Å². The molecule has 0 saturated carbocycles. The van der Waals surface area contributed by atoms with Crippen molar-refractivity contribution < 1.29 is 14.7 Å². The van der Waals surface area contributed by atoms with E-state index in [0.29, 0.717) is 11.3 Å². The molecule has 1 N–H and O–H groups in total. The van der Waals surface area contributed by atoms with Crippen molar-refractivity contribution in [2.24, 2.45) is 0 Å². The summed E-state index contributed by atoms with van der Waals surface area (Å²) in [6.45, 7) is 1.90. The minimum Gasteiger partial charge on any atom is -0.481 e. The summed E-state index contributed by atoms with van der Waals surface area (Å²) in [5, 5.41) is 9.30. The SMILES string of the molecule is Cc1cnc(C(=O)N2CC(C(=O)O)c3ccccc32)cn1. The molecular formula is C15H13N3O3. The van der Waals surface area contributed by atoms with Crippen molar-refractivity contribution in [2.75, 3.05) is 11.4 Å². The molecule has 0 bridgehead atoms. The summed E-state index contributed by atoms with van der Waals surface area (Å²) in [5.74, 6) is -1.98. The van der Waals surface area contributed by atoms with Gasteiger partial charge < -0.3 is 10.0 Å². The van der Waals surface area contributed by atoms with E-state index in [9.17, 15) is 14.7 Å². The summed E-state index contributed by atoms with van der Waals surface area (Å²) in [7, 11) is 0. The topological polar surface area (TPSA) is 83.4 Å². The van der Waals surface area contributed by atoms with Gasteiger partial charge in [-0.15, -0.1) is 0 Å². The Labute approximate surface area is 121 Å². The molecule has 1 aliphatic rings. The molecule has 2 aromatic rings. The number of hydrogen-bond acceptors (Lipinski definition) is 4. The van der Waals surface area contributed by atoms with Crippen LogP contribution in [0.25, 0.3) is 0 Å². The van der Waals surface area contributed by atoms with Crippen molar-refractivity contribution in [1.29, 1.82) is 0 Å². The Hall–Kier alpha value is -2.76. The second-order valence-corrected chi connectivity index (χ2v) is 4.91. The van der Waals surface area contributed by atoms with Crippen molar-refractivity contribution in [1.82, 2.24) is 9.97 Å². The zero-order valence-corrected chi connectivity index (χ0v) is 11.4. The van der Waals surface area contributed by atoms with Crippen LogP contribution in [-0.4, -0.2) is 33.5 Å². The van der Waals surface area contributed by atoms with Crippen LogP contribution in [0.2, 0.25) is 0 Å². The number of carbonyl (C=O) groups is 2. The Kier molecular flexibility index (Phi) is 3.13. The van der Waals surface area contributed by atoms with E-state index in [-0.39, 0.29) is 18.1 Å². The minimum absolute atomic E-state index is 0.114. The predicted molar refractivity (Wildman–Crippen MR) is 75.3 cm³/mol. The average molecular weight is 283 g/mol. The predicted octanol–water partition coefficient (Wildman–Crippen LogP) is 1.61. The molecule has 6 nitrogen and oxygen atoms in total. The molecule has 1 unspecified atom stereocenters. The van der Waals surface area contributed by atoms with Gasteiger partial charge in [0, 0.05) is 18.4 Å². The van der Waals surface area contributed by atoms with Crippen molar-refractivity contribution in [2.45, 2.75) is 12.8 Å². The second kappa shape index (κ2) is 4.97. The van der Waals surface area contributed by atoms with Gasteiger partial charge in [0.1, 0.15) is 11.6 Å². The third-order valence-electron chi connectivity index (χ3n) is 3.51. The summed E-state index contributed by atoms with van der Waals surface area (Å²) in [4.78, 5) is 33.4. The van der Waals surface area contributed by atoms with E-state index >= 15 is 0 Å². The molecule has 1 aromatic carbocycles. The number of aliphatic carboxylic acids is 1. The minimum atomic E-state index is -0.937. The number of carbonyl (C=O) groups excluding carboxylic acids is 1. The number of rotatable bonds is 2. The first-order chi connectivity index (χ1) is 10.1. The van der Waals surface area contributed by atoms with E-state index < -0.39 is 11.9 Å². The normalized spacial score (nSPS) is 16.6. The largest absolute Gasteiger partial charge is 0.481 e. The molecule has 6 heteroatoms. The molecule has 0 fully saturated rings. The summed E-state index contributed by atoms with van der Waals surface area (Å²) in [6.07, 6.45) is 2.93. The van der Waals surface area contributed by atoms with Crippen LogP contribution in [0.4, 0.5) is 5.69 Å². The molecule has 1 amide bonds. The van der Waals surface area contributed by atoms with Crippen LogP contribution in [0, 0.1) is 6.92 Å². The summed E-state index contributed by atoms with van der Waals surface area (Å²) < 4.78 is 0. The van der Waals surface area contributed by atoms with E-state index in [4.69, 9.17) is 0 Å². The van der Waals surface area contributed by atoms with Gasteiger partial charge in [0.05, 0.1) is 11.9 Å². The van der Waals surface area contributed by atoms with Crippen molar-refractivity contribution in [3.63, 3.8) is 0 Å². The Morgan fingerprint density at radius 2 is 2.00 bits per heavy atom. The van der Waals surface area contributed by atoms with Crippen LogP contribution < -0.4 is 4.90 Å². The van der Waals surface area contributed by atoms with Crippen molar-refractivity contribution >= 4 is 17.6 Å². The highest BCUT2D eigenvalue weighted by atomic mass is 16.4. The maximum absolute atomic E-state index is 12.5. The summed E-state index contributed by atoms with van der Waals surface area (Å²) in [5.41, 5.74) is 2.20. The zero-order chi connectivity index (χ0) is 15.0. The molecule has 0 radical (unpaired) electrons. The Morgan fingerprint density at radius 1 is 1.24 bits per heavy atom. The van der Waals surface area contributed by atoms with Crippen LogP contribution in [0.5, 0.6) is 0 Å². The van der Waals surface area contributed by atoms with E-state index in [1.165, 1.54) is 17.3 Å². The second-order valence-electron chi connectivity index (χ2n) is 4.91. The number of aromatic nitrogens is 2. The quantitative estimate of drug-likeness (QED) is 0.905. The lowest BCUT2D eigenvalue weighted by Crippen LogP contribution is -2.32. The van der Waals surface area contributed by atoms with Crippen LogP contribution in [0.1, 0.15) is 27.7 Å².